The first-order valence-corrected chi connectivity index (χ1v) is 22.6. The van der Waals surface area contributed by atoms with Gasteiger partial charge in [0, 0.05) is 6.08 Å². The number of unbranched alkanes of at least 4 members (excludes halogenated alkanes) is 15. The first-order chi connectivity index (χ1) is 25.2. The summed E-state index contributed by atoms with van der Waals surface area (Å²) in [5, 5.41) is 0. The van der Waals surface area contributed by atoms with Gasteiger partial charge in [0.2, 0.25) is 0 Å². The van der Waals surface area contributed by atoms with E-state index < -0.39 is 13.8 Å². The molecule has 0 N–H and O–H groups in total. The van der Waals surface area contributed by atoms with E-state index in [0.29, 0.717) is 17.6 Å². The van der Waals surface area contributed by atoms with Crippen LogP contribution in [0.1, 0.15) is 164 Å². The van der Waals surface area contributed by atoms with Gasteiger partial charge in [-0.25, -0.2) is 9.36 Å². The second kappa shape index (κ2) is 30.8. The quantitative estimate of drug-likeness (QED) is 0.0173. The number of carbonyl (C=O) groups is 1. The highest BCUT2D eigenvalue weighted by atomic mass is 79.9. The number of phosphoric acid groups is 1. The lowest BCUT2D eigenvalue weighted by Gasteiger charge is -2.32. The Morgan fingerprint density at radius 2 is 1.26 bits per heavy atom. The van der Waals surface area contributed by atoms with Gasteiger partial charge in [-0.2, -0.15) is 0 Å². The van der Waals surface area contributed by atoms with E-state index in [0.717, 1.165) is 30.4 Å². The number of hydrogen-bond acceptors (Lipinski definition) is 6. The van der Waals surface area contributed by atoms with Crippen molar-refractivity contribution in [2.24, 2.45) is 5.41 Å². The van der Waals surface area contributed by atoms with Crippen LogP contribution in [0.2, 0.25) is 0 Å². The summed E-state index contributed by atoms with van der Waals surface area (Å²) in [6.07, 6.45) is 36.0. The summed E-state index contributed by atoms with van der Waals surface area (Å²) in [5.41, 5.74) is 5.05. The normalized spacial score (nSPS) is 16.6. The van der Waals surface area contributed by atoms with E-state index in [1.165, 1.54) is 120 Å². The molecule has 1 unspecified atom stereocenters. The van der Waals surface area contributed by atoms with Gasteiger partial charge >= 0.3 is 13.8 Å². The molecular formula is C45H81BrNO6P. The number of quaternary nitrogens is 1. The summed E-state index contributed by atoms with van der Waals surface area (Å²) in [7, 11) is 2.36. The van der Waals surface area contributed by atoms with Gasteiger partial charge in [-0.1, -0.05) is 159 Å². The Labute approximate surface area is 343 Å². The van der Waals surface area contributed by atoms with Crippen LogP contribution in [0.5, 0.6) is 0 Å². The molecule has 0 bridgehead atoms. The van der Waals surface area contributed by atoms with Gasteiger partial charge in [0.05, 0.1) is 34.4 Å². The van der Waals surface area contributed by atoms with Crippen LogP contribution in [-0.4, -0.2) is 64.6 Å². The van der Waals surface area contributed by atoms with E-state index in [9.17, 15) is 9.36 Å². The van der Waals surface area contributed by atoms with Crippen molar-refractivity contribution in [1.82, 2.24) is 0 Å². The number of hydrogen-bond donors (Lipinski definition) is 0. The smallest absolute Gasteiger partial charge is 0.475 e. The van der Waals surface area contributed by atoms with Crippen LogP contribution in [-0.2, 0) is 27.7 Å². The summed E-state index contributed by atoms with van der Waals surface area (Å²) in [6.45, 7) is 14.2. The van der Waals surface area contributed by atoms with Crippen molar-refractivity contribution < 1.29 is 49.1 Å². The van der Waals surface area contributed by atoms with Crippen LogP contribution >= 0.6 is 7.82 Å². The Morgan fingerprint density at radius 1 is 0.741 bits per heavy atom. The number of esters is 1. The highest BCUT2D eigenvalue weighted by Gasteiger charge is 2.28. The van der Waals surface area contributed by atoms with E-state index in [1.807, 2.05) is 46.3 Å². The largest absolute Gasteiger partial charge is 1.00 e. The monoisotopic (exact) mass is 841 g/mol. The molecule has 0 aromatic carbocycles. The molecule has 314 valence electrons. The number of rotatable bonds is 31. The maximum absolute atomic E-state index is 13.4. The van der Waals surface area contributed by atoms with Crippen molar-refractivity contribution in [2.45, 2.75) is 164 Å². The molecule has 9 heteroatoms. The first-order valence-electron chi connectivity index (χ1n) is 21.1. The summed E-state index contributed by atoms with van der Waals surface area (Å²) >= 11 is 0. The molecule has 0 aliphatic heterocycles. The van der Waals surface area contributed by atoms with Gasteiger partial charge in [-0.05, 0) is 63.0 Å². The Balaban J connectivity index is 0.0000281. The molecule has 1 aliphatic carbocycles. The highest BCUT2D eigenvalue weighted by molar-refractivity contribution is 7.48. The number of allylic oxidation sites excluding steroid dienone is 9. The van der Waals surface area contributed by atoms with Crippen molar-refractivity contribution in [3.8, 4) is 0 Å². The standard InChI is InChI=1S/C45H81NO6P.BrH/c1-10-11-12-13-14-15-16-17-18-19-20-21-22-23-24-25-35-50-53(48,51-36-34-46(7,8)9)52-38-37-49-44(47)39-41(3)29-26-28-40(2)31-32-43-42(4)30-27-33-45(43,5)6;/h26,28-29,31-32,39H,10-25,27,30,33-38H2,1-9H3;1H/q+1;/p-1/b29-26+,32-31+,40-28+,41-39+;. The van der Waals surface area contributed by atoms with Crippen LogP contribution in [0.15, 0.2) is 58.7 Å². The third-order valence-corrected chi connectivity index (χ3v) is 11.5. The number of ether oxygens (including phenoxy) is 1. The average molecular weight is 843 g/mol. The molecule has 0 aromatic rings. The lowest BCUT2D eigenvalue weighted by Crippen LogP contribution is -3.00. The predicted octanol–water partition coefficient (Wildman–Crippen LogP) is 10.2. The molecule has 1 rings (SSSR count). The van der Waals surface area contributed by atoms with E-state index in [-0.39, 0.29) is 42.2 Å². The maximum Gasteiger partial charge on any atom is 0.475 e. The first kappa shape index (κ1) is 52.7. The molecule has 0 spiro atoms. The third kappa shape index (κ3) is 28.2. The number of halogens is 1. The summed E-state index contributed by atoms with van der Waals surface area (Å²) < 4.78 is 36.3. The maximum atomic E-state index is 13.4. The fourth-order valence-electron chi connectivity index (χ4n) is 6.56. The molecule has 54 heavy (non-hydrogen) atoms. The molecule has 7 nitrogen and oxygen atoms in total. The molecule has 0 saturated carbocycles. The van der Waals surface area contributed by atoms with Gasteiger partial charge in [0.15, 0.2) is 0 Å². The van der Waals surface area contributed by atoms with Crippen LogP contribution in [0.3, 0.4) is 0 Å². The number of nitrogens with zero attached hydrogens (tertiary/aromatic N) is 1. The molecule has 0 amide bonds. The lowest BCUT2D eigenvalue weighted by molar-refractivity contribution is -0.870. The van der Waals surface area contributed by atoms with Crippen molar-refractivity contribution in [3.63, 3.8) is 0 Å². The van der Waals surface area contributed by atoms with Gasteiger partial charge in [0.1, 0.15) is 19.8 Å². The minimum atomic E-state index is -3.78. The number of carbonyl (C=O) groups excluding carboxylic acids is 1. The SMILES string of the molecule is CCCCCCCCCCCCCCCCCCOP(=O)(OCCOC(=O)/C=C(C)/C=C/C=C(C)/C=C/C1=C(C)CCCC1(C)C)OCC[N+](C)(C)C.[Br-]. The molecule has 1 aliphatic rings. The molecule has 0 fully saturated rings. The zero-order chi connectivity index (χ0) is 39.4. The Kier molecular flexibility index (Phi) is 30.1. The van der Waals surface area contributed by atoms with Gasteiger partial charge in [-0.15, -0.1) is 0 Å². The van der Waals surface area contributed by atoms with Gasteiger partial charge < -0.3 is 26.2 Å². The Morgan fingerprint density at radius 3 is 1.80 bits per heavy atom. The molecule has 0 aromatic heterocycles. The highest BCUT2D eigenvalue weighted by Crippen LogP contribution is 2.49. The van der Waals surface area contributed by atoms with Crippen LogP contribution in [0, 0.1) is 5.41 Å². The second-order valence-electron chi connectivity index (χ2n) is 16.9. The lowest BCUT2D eigenvalue weighted by atomic mass is 9.72. The van der Waals surface area contributed by atoms with Gasteiger partial charge in [-0.3, -0.25) is 13.6 Å². The number of likely N-dealkylation sites (N-methyl/N-ethyl adjacent to an activating group) is 1. The minimum Gasteiger partial charge on any atom is -1.00 e. The van der Waals surface area contributed by atoms with Crippen molar-refractivity contribution in [2.75, 3.05) is 54.1 Å². The number of phosphoric ester groups is 1. The fourth-order valence-corrected chi connectivity index (χ4v) is 7.74. The Hall–Kier alpha value is -1.28. The molecular weight excluding hydrogens is 761 g/mol. The summed E-state index contributed by atoms with van der Waals surface area (Å²) in [5.74, 6) is -0.479. The van der Waals surface area contributed by atoms with Crippen molar-refractivity contribution in [1.29, 1.82) is 0 Å². The second-order valence-corrected chi connectivity index (χ2v) is 18.5. The summed E-state index contributed by atoms with van der Waals surface area (Å²) in [6, 6.07) is 0. The van der Waals surface area contributed by atoms with E-state index in [1.54, 1.807) is 0 Å². The molecule has 0 saturated heterocycles. The van der Waals surface area contributed by atoms with Crippen LogP contribution < -0.4 is 17.0 Å². The van der Waals surface area contributed by atoms with E-state index in [4.69, 9.17) is 18.3 Å². The molecule has 0 heterocycles. The predicted molar refractivity (Wildman–Crippen MR) is 225 cm³/mol. The zero-order valence-corrected chi connectivity index (χ0v) is 38.6. The topological polar surface area (TPSA) is 71.1 Å². The Bertz CT molecular complexity index is 1210. The van der Waals surface area contributed by atoms with Crippen molar-refractivity contribution >= 4 is 13.8 Å². The van der Waals surface area contributed by atoms with Crippen molar-refractivity contribution in [3.05, 3.63) is 58.7 Å². The zero-order valence-electron chi connectivity index (χ0n) is 36.2. The van der Waals surface area contributed by atoms with Crippen LogP contribution in [0.25, 0.3) is 0 Å². The van der Waals surface area contributed by atoms with E-state index >= 15 is 0 Å². The fraction of sp³-hybridized carbons (Fsp3) is 0.756. The van der Waals surface area contributed by atoms with Crippen LogP contribution in [0.4, 0.5) is 0 Å². The van der Waals surface area contributed by atoms with E-state index in [2.05, 4.69) is 46.8 Å². The molecule has 0 radical (unpaired) electrons. The minimum absolute atomic E-state index is 0. The summed E-state index contributed by atoms with van der Waals surface area (Å²) in [4.78, 5) is 12.4. The van der Waals surface area contributed by atoms with Gasteiger partial charge in [0.25, 0.3) is 0 Å². The molecule has 1 atom stereocenters. The average Bonchev–Trinajstić information content (AvgIpc) is 3.07. The third-order valence-electron chi connectivity index (χ3n) is 9.95.